The van der Waals surface area contributed by atoms with Crippen molar-refractivity contribution in [3.63, 3.8) is 0 Å². The number of likely N-dealkylation sites (tertiary alicyclic amines) is 2. The number of aromatic amines is 2. The topological polar surface area (TPSA) is 242 Å². The lowest BCUT2D eigenvalue weighted by Crippen LogP contribution is -2.45. The van der Waals surface area contributed by atoms with E-state index in [4.69, 9.17) is 23.1 Å². The molecule has 4 saturated heterocycles. The van der Waals surface area contributed by atoms with Crippen molar-refractivity contribution in [2.75, 3.05) is 36.8 Å². The highest BCUT2D eigenvalue weighted by atomic mass is 19.4. The van der Waals surface area contributed by atoms with Crippen molar-refractivity contribution in [1.29, 1.82) is 0 Å². The number of aromatic nitrogens is 4. The first-order valence-electron chi connectivity index (χ1n) is 29.0. The number of rotatable bonds is 10. The molecule has 8 aromatic rings. The zero-order valence-electron chi connectivity index (χ0n) is 48.9. The van der Waals surface area contributed by atoms with Crippen LogP contribution < -0.4 is 21.3 Å². The Morgan fingerprint density at radius 1 is 0.581 bits per heavy atom. The highest BCUT2D eigenvalue weighted by Gasteiger charge is 2.38. The number of aldehydes is 1. The van der Waals surface area contributed by atoms with Crippen LogP contribution in [0.5, 0.6) is 0 Å². The summed E-state index contributed by atoms with van der Waals surface area (Å²) < 4.78 is 54.6. The predicted molar refractivity (Wildman–Crippen MR) is 320 cm³/mol. The Morgan fingerprint density at radius 2 is 1.06 bits per heavy atom. The molecule has 0 bridgehead atoms. The van der Waals surface area contributed by atoms with Gasteiger partial charge in [-0.25, -0.2) is 19.6 Å². The number of hydrogen-bond acceptors (Lipinski definition) is 13. The SMILES string of the molecule is CC(C)(C)OC(=O)N1CCC[C@H]1C(=O)Nc1ccc(-c2cc3cc(-c4cnc([C@@H]5CCCN5C(=O)OC(C)(C)C)[nH]4)ccc3o2)cc1.O=C(Nc1ccc(-c2cc3cc(-c4cnc([C@@H]5CCCN5)[nH]4)ccc3o2)cc1)[C@@H]1CCCN1.O=CC(F)(F)F. The minimum Gasteiger partial charge on any atom is -0.456 e. The van der Waals surface area contributed by atoms with Gasteiger partial charge in [0.2, 0.25) is 18.1 Å². The number of nitrogens with zero attached hydrogens (tertiary/aromatic N) is 4. The van der Waals surface area contributed by atoms with E-state index in [1.54, 1.807) is 11.1 Å². The Labute approximate surface area is 495 Å². The fraction of sp³-hybridized carbons (Fsp3) is 0.391. The van der Waals surface area contributed by atoms with Crippen LogP contribution >= 0.6 is 0 Å². The summed E-state index contributed by atoms with van der Waals surface area (Å²) in [5, 5.41) is 14.6. The van der Waals surface area contributed by atoms with Crippen LogP contribution in [-0.2, 0) is 23.9 Å². The first kappa shape index (κ1) is 60.4. The molecule has 0 radical (unpaired) electrons. The molecule has 4 aliphatic rings. The average Bonchev–Trinajstić information content (AvgIpc) is 2.19. The molecule has 6 N–H and O–H groups in total. The largest absolute Gasteiger partial charge is 0.456 e. The molecule has 8 heterocycles. The summed E-state index contributed by atoms with van der Waals surface area (Å²) in [5.74, 6) is 3.05. The van der Waals surface area contributed by atoms with Gasteiger partial charge in [-0.05, 0) is 203 Å². The van der Waals surface area contributed by atoms with Gasteiger partial charge in [0.05, 0.1) is 41.9 Å². The molecule has 22 heteroatoms. The van der Waals surface area contributed by atoms with Crippen molar-refractivity contribution in [2.24, 2.45) is 0 Å². The molecule has 4 fully saturated rings. The van der Waals surface area contributed by atoms with Gasteiger partial charge >= 0.3 is 18.4 Å². The van der Waals surface area contributed by atoms with E-state index in [1.807, 2.05) is 127 Å². The van der Waals surface area contributed by atoms with Crippen molar-refractivity contribution in [3.8, 4) is 45.2 Å². The van der Waals surface area contributed by atoms with Gasteiger partial charge in [0.25, 0.3) is 0 Å². The van der Waals surface area contributed by atoms with Crippen LogP contribution in [0.15, 0.2) is 118 Å². The van der Waals surface area contributed by atoms with Gasteiger partial charge in [0, 0.05) is 57.5 Å². The average molecular weight is 1180 g/mol. The van der Waals surface area contributed by atoms with Gasteiger partial charge in [-0.2, -0.15) is 13.2 Å². The van der Waals surface area contributed by atoms with Crippen molar-refractivity contribution in [1.82, 2.24) is 40.4 Å². The number of anilines is 2. The standard InChI is InChI=1S/C36H43N5O6.C26H27N5O2.C2HF3O/c1-35(2,3)46-33(43)40-17-7-9-27(40)31-37-21-26(39-31)23-13-16-29-24(19-23)20-30(45-29)22-11-14-25(15-12-22)38-32(42)28-10-8-18-41(28)34(44)47-36(4,5)6;32-26(21-4-2-12-28-21)30-19-8-5-16(6-9-19)24-14-18-13-17(7-10-23(18)33-24)22-15-29-25(31-22)20-3-1-11-27-20;3-2(4,5)1-6/h11-16,19-21,27-28H,7-10,17-18H2,1-6H3,(H,37,39)(H,38,42);5-10,13-15,20-21,27-28H,1-4,11-12H2,(H,29,31)(H,30,32);1H/t27-,28-;20-,21-;/m00./s1. The van der Waals surface area contributed by atoms with Crippen LogP contribution in [0.3, 0.4) is 0 Å². The molecule has 0 unspecified atom stereocenters. The number of hydrogen-bond donors (Lipinski definition) is 6. The normalized spacial score (nSPS) is 18.8. The van der Waals surface area contributed by atoms with Crippen LogP contribution in [0, 0.1) is 0 Å². The van der Waals surface area contributed by atoms with Crippen LogP contribution in [0.25, 0.3) is 67.1 Å². The smallest absolute Gasteiger partial charge is 0.446 e. The lowest BCUT2D eigenvalue weighted by Gasteiger charge is -2.28. The van der Waals surface area contributed by atoms with E-state index in [-0.39, 0.29) is 30.0 Å². The van der Waals surface area contributed by atoms with Crippen molar-refractivity contribution >= 4 is 63.6 Å². The third kappa shape index (κ3) is 15.0. The van der Waals surface area contributed by atoms with Crippen LogP contribution in [0.4, 0.5) is 34.1 Å². The second-order valence-electron chi connectivity index (χ2n) is 23.8. The van der Waals surface area contributed by atoms with Crippen molar-refractivity contribution in [2.45, 2.75) is 134 Å². The zero-order chi connectivity index (χ0) is 60.9. The van der Waals surface area contributed by atoms with Gasteiger partial charge in [-0.3, -0.25) is 24.2 Å². The monoisotopic (exact) mass is 1180 g/mol. The van der Waals surface area contributed by atoms with E-state index in [2.05, 4.69) is 59.4 Å². The first-order valence-corrected chi connectivity index (χ1v) is 29.0. The maximum atomic E-state index is 13.1. The Bertz CT molecular complexity index is 3690. The Kier molecular flexibility index (Phi) is 17.9. The molecule has 4 aromatic heterocycles. The summed E-state index contributed by atoms with van der Waals surface area (Å²) in [4.78, 5) is 78.9. The molecule has 19 nitrogen and oxygen atoms in total. The molecular weight excluding hydrogens is 1110 g/mol. The number of imidazole rings is 2. The van der Waals surface area contributed by atoms with Crippen LogP contribution in [0.2, 0.25) is 0 Å². The predicted octanol–water partition coefficient (Wildman–Crippen LogP) is 13.3. The summed E-state index contributed by atoms with van der Waals surface area (Å²) >= 11 is 0. The first-order chi connectivity index (χ1) is 41.0. The third-order valence-corrected chi connectivity index (χ3v) is 15.0. The lowest BCUT2D eigenvalue weighted by atomic mass is 10.1. The second-order valence-corrected chi connectivity index (χ2v) is 23.8. The van der Waals surface area contributed by atoms with Gasteiger partial charge in [0.1, 0.15) is 51.6 Å². The molecule has 12 rings (SSSR count). The highest BCUT2D eigenvalue weighted by Crippen LogP contribution is 2.37. The van der Waals surface area contributed by atoms with E-state index in [0.29, 0.717) is 37.0 Å². The zero-order valence-corrected chi connectivity index (χ0v) is 48.9. The number of carbonyl (C=O) groups is 5. The van der Waals surface area contributed by atoms with E-state index in [1.165, 1.54) is 11.3 Å². The molecule has 4 atom stereocenters. The second kappa shape index (κ2) is 25.4. The van der Waals surface area contributed by atoms with E-state index in [9.17, 15) is 32.3 Å². The number of H-pyrrole nitrogens is 2. The number of alkyl halides is 3. The Morgan fingerprint density at radius 3 is 1.57 bits per heavy atom. The van der Waals surface area contributed by atoms with E-state index in [0.717, 1.165) is 130 Å². The molecule has 4 aliphatic heterocycles. The Hall–Kier alpha value is -8.76. The fourth-order valence-electron chi connectivity index (χ4n) is 10.9. The van der Waals surface area contributed by atoms with Crippen LogP contribution in [-0.4, -0.2) is 116 Å². The van der Waals surface area contributed by atoms with Crippen molar-refractivity contribution in [3.05, 3.63) is 121 Å². The number of carbonyl (C=O) groups excluding carboxylic acids is 5. The number of amides is 4. The van der Waals surface area contributed by atoms with Crippen LogP contribution in [0.1, 0.15) is 117 Å². The number of benzene rings is 4. The number of nitrogens with one attached hydrogen (secondary N) is 6. The summed E-state index contributed by atoms with van der Waals surface area (Å²) in [5.41, 5.74) is 7.58. The van der Waals surface area contributed by atoms with Gasteiger partial charge in [-0.15, -0.1) is 0 Å². The maximum absolute atomic E-state index is 13.1. The minimum atomic E-state index is -4.64. The van der Waals surface area contributed by atoms with Gasteiger partial charge in [-0.1, -0.05) is 0 Å². The Balaban J connectivity index is 0.000000182. The minimum absolute atomic E-state index is 0.0298. The summed E-state index contributed by atoms with van der Waals surface area (Å²) in [7, 11) is 0. The molecule has 4 amide bonds. The molecule has 86 heavy (non-hydrogen) atoms. The lowest BCUT2D eigenvalue weighted by molar-refractivity contribution is -0.156. The molecule has 0 aliphatic carbocycles. The van der Waals surface area contributed by atoms with E-state index < -0.39 is 35.8 Å². The number of fused-ring (bicyclic) bond motifs is 2. The molecule has 4 aromatic carbocycles. The summed E-state index contributed by atoms with van der Waals surface area (Å²) in [6, 6.07) is 31.0. The van der Waals surface area contributed by atoms with E-state index >= 15 is 0 Å². The van der Waals surface area contributed by atoms with Crippen molar-refractivity contribution < 1.29 is 55.5 Å². The molecule has 0 saturated carbocycles. The molecule has 452 valence electrons. The van der Waals surface area contributed by atoms with Gasteiger partial charge < -0.3 is 49.5 Å². The number of furan rings is 2. The number of halogens is 3. The maximum Gasteiger partial charge on any atom is 0.446 e. The summed E-state index contributed by atoms with van der Waals surface area (Å²) in [6.07, 6.45) is 4.53. The third-order valence-electron chi connectivity index (χ3n) is 15.0. The highest BCUT2D eigenvalue weighted by molar-refractivity contribution is 5.97. The fourth-order valence-corrected chi connectivity index (χ4v) is 10.9. The van der Waals surface area contributed by atoms with Gasteiger partial charge in [0.15, 0.2) is 0 Å². The quantitative estimate of drug-likeness (QED) is 0.0699. The molecule has 0 spiro atoms. The number of ether oxygens (including phenoxy) is 2. The molecular formula is C64H71F3N10O9. The summed E-state index contributed by atoms with van der Waals surface area (Å²) in [6.45, 7) is 14.1.